The molecule has 1 atom stereocenters. The lowest BCUT2D eigenvalue weighted by Gasteiger charge is -2.61. The van der Waals surface area contributed by atoms with Crippen LogP contribution in [0.25, 0.3) is 10.9 Å². The lowest BCUT2D eigenvalue weighted by molar-refractivity contribution is -0.135. The number of aromatic nitrogens is 2. The van der Waals surface area contributed by atoms with Gasteiger partial charge in [-0.2, -0.15) is 0 Å². The van der Waals surface area contributed by atoms with E-state index in [0.717, 1.165) is 35.9 Å². The fourth-order valence-corrected chi connectivity index (χ4v) is 8.96. The molecule has 1 N–H and O–H groups in total. The zero-order valence-electron chi connectivity index (χ0n) is 30.0. The quantitative estimate of drug-likeness (QED) is 0.431. The highest BCUT2D eigenvalue weighted by Gasteiger charge is 2.53. The first kappa shape index (κ1) is 18.3. The molecule has 4 saturated carbocycles. The monoisotopic (exact) mass is 557 g/mol. The van der Waals surface area contributed by atoms with Crippen LogP contribution in [0.3, 0.4) is 0 Å². The maximum absolute atomic E-state index is 13.8. The van der Waals surface area contributed by atoms with Crippen LogP contribution in [0.2, 0.25) is 0 Å². The maximum atomic E-state index is 13.8. The first-order valence-electron chi connectivity index (χ1n) is 18.0. The van der Waals surface area contributed by atoms with Crippen molar-refractivity contribution < 1.29 is 20.6 Å². The number of piperazine rings is 1. The van der Waals surface area contributed by atoms with E-state index in [2.05, 4.69) is 10.3 Å². The van der Waals surface area contributed by atoms with Gasteiger partial charge in [-0.1, -0.05) is 6.07 Å². The van der Waals surface area contributed by atoms with Crippen molar-refractivity contribution >= 4 is 34.5 Å². The van der Waals surface area contributed by atoms with Crippen molar-refractivity contribution in [2.45, 2.75) is 74.8 Å². The Labute approximate surface area is 245 Å². The van der Waals surface area contributed by atoms with Gasteiger partial charge in [0.2, 0.25) is 11.8 Å². The predicted molar refractivity (Wildman–Crippen MR) is 152 cm³/mol. The summed E-state index contributed by atoms with van der Waals surface area (Å²) >= 11 is 1.13. The van der Waals surface area contributed by atoms with Gasteiger partial charge in [0.25, 0.3) is 5.56 Å². The van der Waals surface area contributed by atoms with E-state index in [-0.39, 0.29) is 30.5 Å². The van der Waals surface area contributed by atoms with Gasteiger partial charge in [0.1, 0.15) is 11.9 Å². The fraction of sp³-hybridized carbons (Fsp3) is 0.667. The number of rotatable bonds is 6. The van der Waals surface area contributed by atoms with Crippen LogP contribution in [0.5, 0.6) is 0 Å². The predicted octanol–water partition coefficient (Wildman–Crippen LogP) is 3.36. The van der Waals surface area contributed by atoms with E-state index < -0.39 is 54.9 Å². The second-order valence-electron chi connectivity index (χ2n) is 11.9. The molecule has 1 aromatic carbocycles. The number of nitrogens with one attached hydrogen (secondary N) is 1. The molecule has 9 heteroatoms. The van der Waals surface area contributed by atoms with Crippen LogP contribution in [0.1, 0.15) is 74.2 Å². The normalized spacial score (nSPS) is 41.4. The number of hydrogen-bond acceptors (Lipinski definition) is 7. The smallest absolute Gasteiger partial charge is 0.263 e. The molecule has 8 nitrogen and oxygen atoms in total. The maximum Gasteiger partial charge on any atom is 0.263 e. The molecule has 0 radical (unpaired) electrons. The Kier molecular flexibility index (Phi) is 4.68. The number of piperidine rings is 1. The Morgan fingerprint density at radius 1 is 1.05 bits per heavy atom. The molecule has 0 spiro atoms. The molecule has 8 rings (SSSR count). The Hall–Kier alpha value is -2.23. The largest absolute Gasteiger partial charge is 0.300 e. The van der Waals surface area contributed by atoms with Crippen LogP contribution in [0.4, 0.5) is 0 Å². The van der Waals surface area contributed by atoms with E-state index in [0.29, 0.717) is 58.2 Å². The molecular formula is C30H39N5O3S. The van der Waals surface area contributed by atoms with Crippen molar-refractivity contribution in [3.63, 3.8) is 0 Å². The number of fused-ring (bicyclic) bond motifs is 1. The molecule has 6 fully saturated rings. The van der Waals surface area contributed by atoms with Gasteiger partial charge in [-0.3, -0.25) is 34.1 Å². The standard InChI is InChI=1S/C30H39N5O3S/c1-19-31-23-3-2-4-25(27(23)29(38)35(19)24-5-6-26(36)32-28(24)37)39-12-11-33-7-9-34(10-8-33)30-16-20-13-21(17-30)15-22(14-20)18-30/h2-4,20-22,24H,5-18H2,1H3,(H,32,36,37)/i7D2,8D2,9D2,10D2. The topological polar surface area (TPSA) is 87.5 Å². The highest BCUT2D eigenvalue weighted by Crippen LogP contribution is 2.57. The number of amides is 2. The van der Waals surface area contributed by atoms with Gasteiger partial charge in [-0.25, -0.2) is 4.98 Å². The van der Waals surface area contributed by atoms with Crippen LogP contribution in [-0.2, 0) is 9.59 Å². The summed E-state index contributed by atoms with van der Waals surface area (Å²) in [6.45, 7) is -10.2. The number of nitrogens with zero attached hydrogens (tertiary/aromatic N) is 4. The molecule has 4 bridgehead atoms. The summed E-state index contributed by atoms with van der Waals surface area (Å²) in [6, 6.07) is 4.12. The second kappa shape index (κ2) is 10.00. The number of hydrogen-bond donors (Lipinski definition) is 1. The van der Waals surface area contributed by atoms with Gasteiger partial charge in [-0.05, 0) is 81.8 Å². The third-order valence-corrected chi connectivity index (χ3v) is 10.3. The summed E-state index contributed by atoms with van der Waals surface area (Å²) in [7, 11) is 0. The Morgan fingerprint density at radius 2 is 1.74 bits per heavy atom. The number of thioether (sulfide) groups is 1. The van der Waals surface area contributed by atoms with Crippen molar-refractivity contribution in [3.05, 3.63) is 34.4 Å². The van der Waals surface area contributed by atoms with E-state index in [9.17, 15) is 14.4 Å². The molecule has 2 aliphatic heterocycles. The molecule has 208 valence electrons. The van der Waals surface area contributed by atoms with Gasteiger partial charge in [-0.15, -0.1) is 11.8 Å². The zero-order valence-corrected chi connectivity index (χ0v) is 22.9. The summed E-state index contributed by atoms with van der Waals surface area (Å²) in [5.41, 5.74) is -1.05. The number of carbonyl (C=O) groups excluding carboxylic acids is 2. The Morgan fingerprint density at radius 3 is 2.41 bits per heavy atom. The van der Waals surface area contributed by atoms with Crippen LogP contribution in [-0.4, -0.2) is 75.0 Å². The van der Waals surface area contributed by atoms with E-state index in [1.54, 1.807) is 25.1 Å². The van der Waals surface area contributed by atoms with Gasteiger partial charge in [0.15, 0.2) is 0 Å². The SMILES string of the molecule is [2H]C1([2H])N(CCSc2cccc3nc(C)n(C4CCC(=O)NC4=O)c(=O)c23)C([2H])([2H])C([2H])([2H])N(C23CC4CC(CC(C4)C2)C3)C1([2H])[2H]. The molecule has 1 unspecified atom stereocenters. The molecule has 1 aromatic heterocycles. The molecular weight excluding hydrogens is 510 g/mol. The van der Waals surface area contributed by atoms with Gasteiger partial charge in [0.05, 0.1) is 10.9 Å². The van der Waals surface area contributed by atoms with Crippen molar-refractivity contribution in [2.24, 2.45) is 17.8 Å². The van der Waals surface area contributed by atoms with Crippen LogP contribution < -0.4 is 10.9 Å². The second-order valence-corrected chi connectivity index (χ2v) is 13.0. The van der Waals surface area contributed by atoms with Gasteiger partial charge >= 0.3 is 0 Å². The number of benzene rings is 1. The highest BCUT2D eigenvalue weighted by atomic mass is 32.2. The Bertz CT molecular complexity index is 1650. The highest BCUT2D eigenvalue weighted by molar-refractivity contribution is 7.99. The summed E-state index contributed by atoms with van der Waals surface area (Å²) in [6.07, 6.45) is 4.92. The molecule has 6 aliphatic rings. The molecule has 3 heterocycles. The number of imide groups is 1. The molecule has 2 saturated heterocycles. The lowest BCUT2D eigenvalue weighted by atomic mass is 9.52. The summed E-state index contributed by atoms with van der Waals surface area (Å²) < 4.78 is 74.0. The van der Waals surface area contributed by atoms with E-state index in [1.165, 1.54) is 4.57 Å². The van der Waals surface area contributed by atoms with Crippen LogP contribution in [0, 0.1) is 24.7 Å². The van der Waals surface area contributed by atoms with Crippen molar-refractivity contribution in [1.29, 1.82) is 0 Å². The first-order valence-corrected chi connectivity index (χ1v) is 15.0. The minimum absolute atomic E-state index is 0.00733. The number of carbonyl (C=O) groups is 2. The third-order valence-electron chi connectivity index (χ3n) is 9.24. The van der Waals surface area contributed by atoms with Crippen molar-refractivity contribution in [3.8, 4) is 0 Å². The van der Waals surface area contributed by atoms with E-state index >= 15 is 0 Å². The van der Waals surface area contributed by atoms with Gasteiger partial charge < -0.3 is 0 Å². The molecule has 2 aromatic rings. The Balaban J connectivity index is 1.18. The molecule has 2 amide bonds. The average Bonchev–Trinajstić information content (AvgIpc) is 2.94. The molecule has 4 aliphatic carbocycles. The van der Waals surface area contributed by atoms with E-state index in [1.807, 2.05) is 0 Å². The summed E-state index contributed by atoms with van der Waals surface area (Å²) in [5, 5.41) is 2.49. The summed E-state index contributed by atoms with van der Waals surface area (Å²) in [5.74, 6) is 0.273. The summed E-state index contributed by atoms with van der Waals surface area (Å²) in [4.78, 5) is 44.9. The van der Waals surface area contributed by atoms with E-state index in [4.69, 9.17) is 11.0 Å². The van der Waals surface area contributed by atoms with Crippen LogP contribution in [0.15, 0.2) is 27.9 Å². The average molecular weight is 558 g/mol. The van der Waals surface area contributed by atoms with Crippen molar-refractivity contribution in [1.82, 2.24) is 24.7 Å². The number of aryl methyl sites for hydroxylation is 1. The fourth-order valence-electron chi connectivity index (χ4n) is 7.95. The van der Waals surface area contributed by atoms with Crippen LogP contribution >= 0.6 is 11.8 Å². The van der Waals surface area contributed by atoms with Gasteiger partial charge in [0, 0.05) is 66.1 Å². The third kappa shape index (κ3) is 4.64. The minimum atomic E-state index is -2.89. The first-order chi connectivity index (χ1) is 21.9. The minimum Gasteiger partial charge on any atom is -0.300 e. The zero-order chi connectivity index (χ0) is 33.9. The lowest BCUT2D eigenvalue weighted by Crippen LogP contribution is -2.63. The molecule has 39 heavy (non-hydrogen) atoms. The van der Waals surface area contributed by atoms with Crippen molar-refractivity contribution in [2.75, 3.05) is 38.3 Å².